The molecule has 8 heteroatoms. The molecule has 0 aliphatic heterocycles. The molecule has 1 rings (SSSR count). The zero-order valence-electron chi connectivity index (χ0n) is 8.99. The number of hydrogen-bond donors (Lipinski definition) is 1. The zero-order valence-corrected chi connectivity index (χ0v) is 9.81. The molecule has 0 bridgehead atoms. The van der Waals surface area contributed by atoms with E-state index in [4.69, 9.17) is 5.11 Å². The van der Waals surface area contributed by atoms with E-state index in [-0.39, 0.29) is 18.0 Å². The van der Waals surface area contributed by atoms with E-state index in [2.05, 4.69) is 4.98 Å². The molecule has 0 spiro atoms. The first-order valence-corrected chi connectivity index (χ1v) is 5.94. The van der Waals surface area contributed by atoms with Crippen molar-refractivity contribution in [3.63, 3.8) is 0 Å². The Balaban J connectivity index is 2.82. The number of aromatic nitrogens is 2. The minimum Gasteiger partial charge on any atom is -0.481 e. The average molecular weight is 247 g/mol. The van der Waals surface area contributed by atoms with Crippen LogP contribution in [0.3, 0.4) is 0 Å². The van der Waals surface area contributed by atoms with Crippen molar-refractivity contribution in [1.82, 2.24) is 13.9 Å². The topological polar surface area (TPSA) is 92.5 Å². The van der Waals surface area contributed by atoms with Gasteiger partial charge in [-0.1, -0.05) is 0 Å². The summed E-state index contributed by atoms with van der Waals surface area (Å²) in [5.74, 6) is -1.04. The van der Waals surface area contributed by atoms with Crippen molar-refractivity contribution in [3.05, 3.63) is 12.5 Å². The van der Waals surface area contributed by atoms with Gasteiger partial charge in [0.05, 0.1) is 12.7 Å². The fourth-order valence-electron chi connectivity index (χ4n) is 1.05. The van der Waals surface area contributed by atoms with Crippen molar-refractivity contribution >= 4 is 16.0 Å². The highest BCUT2D eigenvalue weighted by Crippen LogP contribution is 2.11. The minimum absolute atomic E-state index is 0.0752. The van der Waals surface area contributed by atoms with Crippen LogP contribution in [0.2, 0.25) is 0 Å². The normalized spacial score (nSPS) is 11.9. The molecular formula is C8H13N3O4S. The maximum atomic E-state index is 11.8. The van der Waals surface area contributed by atoms with Crippen molar-refractivity contribution in [1.29, 1.82) is 0 Å². The van der Waals surface area contributed by atoms with Crippen molar-refractivity contribution in [3.8, 4) is 0 Å². The van der Waals surface area contributed by atoms with Gasteiger partial charge in [0.2, 0.25) is 0 Å². The van der Waals surface area contributed by atoms with E-state index in [1.807, 2.05) is 0 Å². The minimum atomic E-state index is -3.68. The van der Waals surface area contributed by atoms with Gasteiger partial charge in [0.1, 0.15) is 0 Å². The molecule has 0 fully saturated rings. The van der Waals surface area contributed by atoms with Crippen LogP contribution in [-0.2, 0) is 21.9 Å². The molecule has 0 saturated heterocycles. The lowest BCUT2D eigenvalue weighted by Crippen LogP contribution is -2.29. The van der Waals surface area contributed by atoms with E-state index in [1.54, 1.807) is 7.05 Å². The molecule has 1 aromatic heterocycles. The van der Waals surface area contributed by atoms with Crippen LogP contribution in [-0.4, -0.2) is 46.9 Å². The van der Waals surface area contributed by atoms with Gasteiger partial charge in [-0.15, -0.1) is 0 Å². The summed E-state index contributed by atoms with van der Waals surface area (Å²) in [6, 6.07) is 0. The second kappa shape index (κ2) is 4.62. The number of rotatable bonds is 5. The van der Waals surface area contributed by atoms with E-state index < -0.39 is 16.0 Å². The summed E-state index contributed by atoms with van der Waals surface area (Å²) in [4.78, 5) is 14.1. The molecule has 0 radical (unpaired) electrons. The Hall–Kier alpha value is -1.41. The van der Waals surface area contributed by atoms with Crippen LogP contribution in [0.25, 0.3) is 0 Å². The molecule has 16 heavy (non-hydrogen) atoms. The van der Waals surface area contributed by atoms with Crippen LogP contribution in [0, 0.1) is 0 Å². The number of hydrogen-bond acceptors (Lipinski definition) is 4. The lowest BCUT2D eigenvalue weighted by molar-refractivity contribution is -0.137. The molecule has 7 nitrogen and oxygen atoms in total. The first-order valence-electron chi connectivity index (χ1n) is 4.50. The van der Waals surface area contributed by atoms with E-state index in [0.717, 1.165) is 4.31 Å². The Bertz CT molecular complexity index is 479. The molecule has 1 aromatic rings. The van der Waals surface area contributed by atoms with E-state index >= 15 is 0 Å². The predicted molar refractivity (Wildman–Crippen MR) is 55.3 cm³/mol. The van der Waals surface area contributed by atoms with Crippen LogP contribution in [0.1, 0.15) is 6.42 Å². The van der Waals surface area contributed by atoms with Crippen LogP contribution in [0.15, 0.2) is 17.6 Å². The van der Waals surface area contributed by atoms with Gasteiger partial charge in [0.15, 0.2) is 5.03 Å². The molecular weight excluding hydrogens is 234 g/mol. The number of carbonyl (C=O) groups is 1. The Morgan fingerprint density at radius 2 is 2.25 bits per heavy atom. The largest absolute Gasteiger partial charge is 0.481 e. The quantitative estimate of drug-likeness (QED) is 0.758. The monoisotopic (exact) mass is 247 g/mol. The van der Waals surface area contributed by atoms with Gasteiger partial charge in [-0.05, 0) is 0 Å². The highest BCUT2D eigenvalue weighted by molar-refractivity contribution is 7.89. The third-order valence-electron chi connectivity index (χ3n) is 2.00. The third kappa shape index (κ3) is 2.80. The van der Waals surface area contributed by atoms with Gasteiger partial charge in [0, 0.05) is 26.8 Å². The summed E-state index contributed by atoms with van der Waals surface area (Å²) in [5.41, 5.74) is 0. The third-order valence-corrected chi connectivity index (χ3v) is 3.74. The van der Waals surface area contributed by atoms with Crippen molar-refractivity contribution in [2.45, 2.75) is 11.4 Å². The average Bonchev–Trinajstić information content (AvgIpc) is 2.61. The van der Waals surface area contributed by atoms with Crippen molar-refractivity contribution in [2.75, 3.05) is 13.6 Å². The van der Waals surface area contributed by atoms with E-state index in [1.165, 1.54) is 24.1 Å². The summed E-state index contributed by atoms with van der Waals surface area (Å²) >= 11 is 0. The lowest BCUT2D eigenvalue weighted by atomic mass is 10.4. The van der Waals surface area contributed by atoms with Crippen molar-refractivity contribution in [2.24, 2.45) is 7.05 Å². The van der Waals surface area contributed by atoms with Gasteiger partial charge >= 0.3 is 5.97 Å². The second-order valence-corrected chi connectivity index (χ2v) is 5.34. The summed E-state index contributed by atoms with van der Waals surface area (Å²) in [6.45, 7) is -0.0752. The smallest absolute Gasteiger partial charge is 0.304 e. The lowest BCUT2D eigenvalue weighted by Gasteiger charge is -2.13. The molecule has 1 N–H and O–H groups in total. The predicted octanol–water partition coefficient (Wildman–Crippen LogP) is -0.485. The number of aliphatic carboxylic acids is 1. The molecule has 0 atom stereocenters. The van der Waals surface area contributed by atoms with E-state index in [9.17, 15) is 13.2 Å². The Kier molecular flexibility index (Phi) is 3.66. The maximum absolute atomic E-state index is 11.8. The van der Waals surface area contributed by atoms with Crippen LogP contribution >= 0.6 is 0 Å². The first kappa shape index (κ1) is 12.7. The summed E-state index contributed by atoms with van der Waals surface area (Å²) < 4.78 is 26.1. The van der Waals surface area contributed by atoms with Crippen molar-refractivity contribution < 1.29 is 18.3 Å². The molecule has 1 heterocycles. The van der Waals surface area contributed by atoms with Crippen LogP contribution in [0.5, 0.6) is 0 Å². The van der Waals surface area contributed by atoms with Gasteiger partial charge < -0.3 is 9.67 Å². The number of carboxylic acids is 1. The number of sulfonamides is 1. The standard InChI is InChI=1S/C8H13N3O4S/c1-10-5-7(9-6-10)16(14,15)11(2)4-3-8(12)13/h5-6H,3-4H2,1-2H3,(H,12,13). The van der Waals surface area contributed by atoms with Crippen LogP contribution in [0.4, 0.5) is 0 Å². The van der Waals surface area contributed by atoms with E-state index in [0.29, 0.717) is 0 Å². The number of nitrogens with zero attached hydrogens (tertiary/aromatic N) is 3. The summed E-state index contributed by atoms with van der Waals surface area (Å²) in [5, 5.41) is 8.38. The molecule has 0 aliphatic carbocycles. The zero-order chi connectivity index (χ0) is 12.3. The van der Waals surface area contributed by atoms with Gasteiger partial charge in [-0.2, -0.15) is 4.31 Å². The number of aryl methyl sites for hydroxylation is 1. The Morgan fingerprint density at radius 3 is 2.69 bits per heavy atom. The van der Waals surface area contributed by atoms with Gasteiger partial charge in [-0.3, -0.25) is 4.79 Å². The molecule has 0 amide bonds. The fourth-order valence-corrected chi connectivity index (χ4v) is 2.19. The molecule has 0 aliphatic rings. The fraction of sp³-hybridized carbons (Fsp3) is 0.500. The number of carboxylic acid groups (broad SMARTS) is 1. The summed E-state index contributed by atoms with van der Waals surface area (Å²) in [6.07, 6.45) is 2.51. The molecule has 0 saturated carbocycles. The summed E-state index contributed by atoms with van der Waals surface area (Å²) in [7, 11) is -0.693. The molecule has 90 valence electrons. The molecule has 0 aromatic carbocycles. The Labute approximate surface area is 93.4 Å². The number of imidazole rings is 1. The van der Waals surface area contributed by atoms with Gasteiger partial charge in [0.25, 0.3) is 10.0 Å². The SMILES string of the molecule is CN(CCC(=O)O)S(=O)(=O)c1cn(C)cn1. The molecule has 0 unspecified atom stereocenters. The highest BCUT2D eigenvalue weighted by atomic mass is 32.2. The van der Waals surface area contributed by atoms with Gasteiger partial charge in [-0.25, -0.2) is 13.4 Å². The first-order chi connectivity index (χ1) is 7.34. The maximum Gasteiger partial charge on any atom is 0.304 e. The Morgan fingerprint density at radius 1 is 1.62 bits per heavy atom. The second-order valence-electron chi connectivity index (χ2n) is 3.35. The highest BCUT2D eigenvalue weighted by Gasteiger charge is 2.23. The van der Waals surface area contributed by atoms with Crippen LogP contribution < -0.4 is 0 Å².